The first-order valence-electron chi connectivity index (χ1n) is 14.0. The number of amides is 1. The van der Waals surface area contributed by atoms with E-state index in [4.69, 9.17) is 25.2 Å². The highest BCUT2D eigenvalue weighted by Crippen LogP contribution is 2.24. The highest BCUT2D eigenvalue weighted by Gasteiger charge is 2.19. The van der Waals surface area contributed by atoms with E-state index >= 15 is 0 Å². The maximum absolute atomic E-state index is 12.5. The third-order valence-corrected chi connectivity index (χ3v) is 6.77. The number of nitrogens with zero attached hydrogens (tertiary/aromatic N) is 4. The van der Waals surface area contributed by atoms with Crippen molar-refractivity contribution >= 4 is 29.4 Å². The van der Waals surface area contributed by atoms with Crippen molar-refractivity contribution in [1.82, 2.24) is 20.3 Å². The van der Waals surface area contributed by atoms with Crippen molar-refractivity contribution in [2.45, 2.75) is 57.4 Å². The standard InChI is InChI=1S/C27H42N8O3/c28-13-17-37-19-20-38-18-14-29-24(36)21-9-11-23(12-10-21)31-26-32-25(30-22-7-3-1-4-8-22)33-27(34-26)35-15-5-2-6-16-35/h9-12,22H,1-8,13-20,28H2,(H,29,36)(H2,30,31,32,33,34). The van der Waals surface area contributed by atoms with Gasteiger partial charge in [-0.2, -0.15) is 15.0 Å². The number of carbonyl (C=O) groups is 1. The van der Waals surface area contributed by atoms with Gasteiger partial charge in [-0.3, -0.25) is 4.79 Å². The summed E-state index contributed by atoms with van der Waals surface area (Å²) in [6.07, 6.45) is 9.62. The minimum Gasteiger partial charge on any atom is -0.378 e. The van der Waals surface area contributed by atoms with E-state index < -0.39 is 0 Å². The molecule has 11 nitrogen and oxygen atoms in total. The summed E-state index contributed by atoms with van der Waals surface area (Å²) in [5.41, 5.74) is 6.75. The molecule has 0 bridgehead atoms. The lowest BCUT2D eigenvalue weighted by atomic mass is 9.96. The Morgan fingerprint density at radius 2 is 1.55 bits per heavy atom. The highest BCUT2D eigenvalue weighted by molar-refractivity contribution is 5.94. The van der Waals surface area contributed by atoms with Crippen LogP contribution >= 0.6 is 0 Å². The van der Waals surface area contributed by atoms with Crippen molar-refractivity contribution in [3.8, 4) is 0 Å². The summed E-state index contributed by atoms with van der Waals surface area (Å²) >= 11 is 0. The van der Waals surface area contributed by atoms with Crippen LogP contribution < -0.4 is 26.6 Å². The van der Waals surface area contributed by atoms with Gasteiger partial charge < -0.3 is 36.1 Å². The summed E-state index contributed by atoms with van der Waals surface area (Å²) < 4.78 is 10.7. The molecule has 38 heavy (non-hydrogen) atoms. The summed E-state index contributed by atoms with van der Waals surface area (Å²) in [7, 11) is 0. The SMILES string of the molecule is NCCOCCOCCNC(=O)c1ccc(Nc2nc(NC3CCCCC3)nc(N3CCCCC3)n2)cc1. The molecule has 0 unspecified atom stereocenters. The van der Waals surface area contributed by atoms with Crippen molar-refractivity contribution in [1.29, 1.82) is 0 Å². The predicted octanol–water partition coefficient (Wildman–Crippen LogP) is 3.07. The quantitative estimate of drug-likeness (QED) is 0.272. The van der Waals surface area contributed by atoms with Crippen LogP contribution in [0.25, 0.3) is 0 Å². The molecule has 1 aromatic heterocycles. The smallest absolute Gasteiger partial charge is 0.251 e. The zero-order valence-electron chi connectivity index (χ0n) is 22.3. The molecule has 0 atom stereocenters. The van der Waals surface area contributed by atoms with E-state index in [1.165, 1.54) is 25.7 Å². The number of hydrogen-bond acceptors (Lipinski definition) is 10. The third-order valence-electron chi connectivity index (χ3n) is 6.77. The van der Waals surface area contributed by atoms with E-state index in [-0.39, 0.29) is 5.91 Å². The molecule has 1 saturated heterocycles. The first-order chi connectivity index (χ1) is 18.7. The van der Waals surface area contributed by atoms with Crippen molar-refractivity contribution < 1.29 is 14.3 Å². The minimum absolute atomic E-state index is 0.147. The fraction of sp³-hybridized carbons (Fsp3) is 0.630. The monoisotopic (exact) mass is 526 g/mol. The number of nitrogens with two attached hydrogens (primary N) is 1. The topological polar surface area (TPSA) is 140 Å². The van der Waals surface area contributed by atoms with Crippen LogP contribution in [0.15, 0.2) is 24.3 Å². The van der Waals surface area contributed by atoms with Gasteiger partial charge in [-0.05, 0) is 56.4 Å². The Bertz CT molecular complexity index is 979. The number of aromatic nitrogens is 3. The van der Waals surface area contributed by atoms with Crippen LogP contribution in [-0.4, -0.2) is 79.5 Å². The molecule has 1 aliphatic carbocycles. The number of benzene rings is 1. The van der Waals surface area contributed by atoms with E-state index in [1.54, 1.807) is 12.1 Å². The summed E-state index contributed by atoms with van der Waals surface area (Å²) in [5.74, 6) is 1.69. The molecule has 0 spiro atoms. The average Bonchev–Trinajstić information content (AvgIpc) is 2.95. The number of rotatable bonds is 14. The van der Waals surface area contributed by atoms with Crippen LogP contribution in [0.5, 0.6) is 0 Å². The minimum atomic E-state index is -0.147. The first-order valence-corrected chi connectivity index (χ1v) is 14.0. The number of carbonyl (C=O) groups excluding carboxylic acids is 1. The second-order valence-electron chi connectivity index (χ2n) is 9.78. The maximum atomic E-state index is 12.5. The molecule has 2 aromatic rings. The van der Waals surface area contributed by atoms with Gasteiger partial charge in [0.1, 0.15) is 0 Å². The Hall–Kier alpha value is -3.02. The largest absolute Gasteiger partial charge is 0.378 e. The third kappa shape index (κ3) is 9.07. The summed E-state index contributed by atoms with van der Waals surface area (Å²) in [6, 6.07) is 7.69. The van der Waals surface area contributed by atoms with Gasteiger partial charge in [0, 0.05) is 43.5 Å². The molecule has 1 aromatic carbocycles. The maximum Gasteiger partial charge on any atom is 0.251 e. The van der Waals surface area contributed by atoms with E-state index in [0.717, 1.165) is 44.5 Å². The molecule has 0 radical (unpaired) electrons. The molecule has 2 heterocycles. The highest BCUT2D eigenvalue weighted by atomic mass is 16.5. The van der Waals surface area contributed by atoms with Gasteiger partial charge in [0.05, 0.1) is 26.4 Å². The second-order valence-corrected chi connectivity index (χ2v) is 9.78. The first kappa shape index (κ1) is 28.0. The molecule has 11 heteroatoms. The molecule has 2 fully saturated rings. The lowest BCUT2D eigenvalue weighted by Crippen LogP contribution is -2.32. The van der Waals surface area contributed by atoms with Gasteiger partial charge in [0.2, 0.25) is 17.8 Å². The predicted molar refractivity (Wildman–Crippen MR) is 149 cm³/mol. The van der Waals surface area contributed by atoms with Crippen LogP contribution in [0.4, 0.5) is 23.5 Å². The molecular formula is C27H42N8O3. The van der Waals surface area contributed by atoms with Crippen LogP contribution in [-0.2, 0) is 9.47 Å². The van der Waals surface area contributed by atoms with Gasteiger partial charge >= 0.3 is 0 Å². The zero-order chi connectivity index (χ0) is 26.4. The number of nitrogens with one attached hydrogen (secondary N) is 3. The fourth-order valence-corrected chi connectivity index (χ4v) is 4.73. The van der Waals surface area contributed by atoms with Crippen molar-refractivity contribution in [2.75, 3.05) is 68.1 Å². The number of hydrogen-bond donors (Lipinski definition) is 4. The molecule has 5 N–H and O–H groups in total. The number of ether oxygens (including phenoxy) is 2. The molecule has 1 saturated carbocycles. The van der Waals surface area contributed by atoms with E-state index in [9.17, 15) is 4.79 Å². The lowest BCUT2D eigenvalue weighted by molar-refractivity contribution is 0.0511. The van der Waals surface area contributed by atoms with Crippen LogP contribution in [0, 0.1) is 0 Å². The van der Waals surface area contributed by atoms with Gasteiger partial charge in [0.25, 0.3) is 5.91 Å². The van der Waals surface area contributed by atoms with E-state index in [1.807, 2.05) is 12.1 Å². The number of anilines is 4. The van der Waals surface area contributed by atoms with Gasteiger partial charge in [-0.15, -0.1) is 0 Å². The summed E-state index contributed by atoms with van der Waals surface area (Å²) in [5, 5.41) is 9.72. The number of piperidine rings is 1. The van der Waals surface area contributed by atoms with Gasteiger partial charge in [0.15, 0.2) is 0 Å². The molecule has 4 rings (SSSR count). The van der Waals surface area contributed by atoms with Crippen molar-refractivity contribution in [3.63, 3.8) is 0 Å². The van der Waals surface area contributed by atoms with Crippen LogP contribution in [0.3, 0.4) is 0 Å². The Morgan fingerprint density at radius 1 is 0.868 bits per heavy atom. The molecule has 1 amide bonds. The van der Waals surface area contributed by atoms with Gasteiger partial charge in [-0.1, -0.05) is 19.3 Å². The van der Waals surface area contributed by atoms with Crippen LogP contribution in [0.2, 0.25) is 0 Å². The molecular weight excluding hydrogens is 484 g/mol. The Morgan fingerprint density at radius 3 is 2.29 bits per heavy atom. The Labute approximate surface area is 225 Å². The lowest BCUT2D eigenvalue weighted by Gasteiger charge is -2.28. The van der Waals surface area contributed by atoms with Crippen molar-refractivity contribution in [3.05, 3.63) is 29.8 Å². The molecule has 208 valence electrons. The normalized spacial score (nSPS) is 16.3. The van der Waals surface area contributed by atoms with Crippen LogP contribution in [0.1, 0.15) is 61.7 Å². The fourth-order valence-electron chi connectivity index (χ4n) is 4.73. The van der Waals surface area contributed by atoms with Gasteiger partial charge in [-0.25, -0.2) is 0 Å². The van der Waals surface area contributed by atoms with E-state index in [0.29, 0.717) is 69.0 Å². The summed E-state index contributed by atoms with van der Waals surface area (Å²) in [6.45, 7) is 4.77. The molecule has 2 aliphatic rings. The van der Waals surface area contributed by atoms with Crippen molar-refractivity contribution in [2.24, 2.45) is 5.73 Å². The Balaban J connectivity index is 1.32. The second kappa shape index (κ2) is 15.4. The summed E-state index contributed by atoms with van der Waals surface area (Å²) in [4.78, 5) is 28.9. The van der Waals surface area contributed by atoms with E-state index in [2.05, 4.69) is 25.8 Å². The Kier molecular flexibility index (Phi) is 11.4. The molecule has 1 aliphatic heterocycles. The zero-order valence-corrected chi connectivity index (χ0v) is 22.3. The average molecular weight is 527 g/mol.